The predicted octanol–water partition coefficient (Wildman–Crippen LogP) is 1.46. The van der Waals surface area contributed by atoms with Crippen LogP contribution in [0.4, 0.5) is 0 Å². The predicted molar refractivity (Wildman–Crippen MR) is 80.6 cm³/mol. The zero-order valence-corrected chi connectivity index (χ0v) is 12.9. The minimum Gasteiger partial charge on any atom is -0.302 e. The van der Waals surface area contributed by atoms with Crippen LogP contribution in [0.2, 0.25) is 0 Å². The van der Waals surface area contributed by atoms with Crippen LogP contribution >= 0.6 is 0 Å². The summed E-state index contributed by atoms with van der Waals surface area (Å²) in [5, 5.41) is 0. The van der Waals surface area contributed by atoms with E-state index in [1.807, 2.05) is 13.0 Å². The molecule has 0 saturated carbocycles. The highest BCUT2D eigenvalue weighted by Gasteiger charge is 2.30. The summed E-state index contributed by atoms with van der Waals surface area (Å²) in [5.41, 5.74) is 0.666. The number of hydrogen-bond donors (Lipinski definition) is 1. The Morgan fingerprint density at radius 2 is 1.90 bits per heavy atom. The van der Waals surface area contributed by atoms with Crippen LogP contribution < -0.4 is 4.72 Å². The summed E-state index contributed by atoms with van der Waals surface area (Å²) in [7, 11) is -3.43. The Morgan fingerprint density at radius 3 is 2.55 bits per heavy atom. The largest absolute Gasteiger partial charge is 0.302 e. The average Bonchev–Trinajstić information content (AvgIpc) is 2.68. The van der Waals surface area contributed by atoms with Gasteiger partial charge in [0, 0.05) is 12.1 Å². The number of nitrogens with one attached hydrogen (secondary N) is 1. The van der Waals surface area contributed by atoms with Crippen LogP contribution in [0.15, 0.2) is 34.2 Å². The number of nitrogens with zero attached hydrogens (tertiary/aromatic N) is 2. The van der Waals surface area contributed by atoms with Gasteiger partial charge in [0.15, 0.2) is 0 Å². The van der Waals surface area contributed by atoms with Gasteiger partial charge in [0.2, 0.25) is 0 Å². The summed E-state index contributed by atoms with van der Waals surface area (Å²) < 4.78 is 26.5. The van der Waals surface area contributed by atoms with Gasteiger partial charge in [0.1, 0.15) is 5.84 Å². The maximum atomic E-state index is 12.0. The van der Waals surface area contributed by atoms with Crippen molar-refractivity contribution in [3.05, 3.63) is 29.8 Å². The number of likely N-dealkylation sites (N-methyl/N-ethyl adjacent to an activating group) is 1. The smallest absolute Gasteiger partial charge is 0.263 e. The van der Waals surface area contributed by atoms with Crippen LogP contribution in [-0.2, 0) is 10.0 Å². The third kappa shape index (κ3) is 3.02. The third-order valence-corrected chi connectivity index (χ3v) is 4.83. The Morgan fingerprint density at radius 1 is 1.25 bits per heavy atom. The topological polar surface area (TPSA) is 61.8 Å². The number of sulfonamides is 1. The molecule has 0 aliphatic carbocycles. The van der Waals surface area contributed by atoms with E-state index in [0.29, 0.717) is 16.3 Å². The van der Waals surface area contributed by atoms with Crippen molar-refractivity contribution < 1.29 is 8.42 Å². The van der Waals surface area contributed by atoms with E-state index in [9.17, 15) is 8.42 Å². The van der Waals surface area contributed by atoms with Crippen molar-refractivity contribution >= 4 is 15.9 Å². The molecule has 1 unspecified atom stereocenters. The van der Waals surface area contributed by atoms with E-state index in [1.54, 1.807) is 18.2 Å². The molecule has 1 aromatic carbocycles. The molecule has 0 spiro atoms. The number of benzene rings is 1. The van der Waals surface area contributed by atoms with Gasteiger partial charge in [-0.25, -0.2) is 8.42 Å². The van der Waals surface area contributed by atoms with Crippen molar-refractivity contribution in [3.8, 4) is 0 Å². The Hall–Kier alpha value is -1.40. The molecule has 2 rings (SSSR count). The highest BCUT2D eigenvalue weighted by Crippen LogP contribution is 2.22. The van der Waals surface area contributed by atoms with Crippen molar-refractivity contribution in [1.29, 1.82) is 0 Å². The van der Waals surface area contributed by atoms with Gasteiger partial charge in [-0.2, -0.15) is 0 Å². The molecule has 1 heterocycles. The second-order valence-electron chi connectivity index (χ2n) is 4.91. The summed E-state index contributed by atoms with van der Waals surface area (Å²) in [4.78, 5) is 7.11. The fourth-order valence-corrected chi connectivity index (χ4v) is 3.59. The number of aliphatic imine (C=N–C) groups is 1. The summed E-state index contributed by atoms with van der Waals surface area (Å²) in [5.74, 6) is 0.459. The van der Waals surface area contributed by atoms with Gasteiger partial charge in [-0.1, -0.05) is 26.0 Å². The zero-order valence-electron chi connectivity index (χ0n) is 12.1. The molecule has 0 fully saturated rings. The second kappa shape index (κ2) is 5.93. The third-order valence-electron chi connectivity index (χ3n) is 3.43. The molecule has 0 radical (unpaired) electrons. The monoisotopic (exact) mass is 295 g/mol. The standard InChI is InChI=1S/C14H21N3O2S/c1-4-17(5-2)10-11(3)15-14-12-8-6-7-9-13(12)20(18,19)16-14/h6-9,11H,4-5,10H2,1-3H3,(H,15,16). The maximum Gasteiger partial charge on any atom is 0.263 e. The van der Waals surface area contributed by atoms with E-state index in [2.05, 4.69) is 28.5 Å². The first-order chi connectivity index (χ1) is 9.47. The Kier molecular flexibility index (Phi) is 4.45. The van der Waals surface area contributed by atoms with Crippen LogP contribution in [-0.4, -0.2) is 44.8 Å². The molecule has 0 saturated heterocycles. The number of hydrogen-bond acceptors (Lipinski definition) is 4. The molecular weight excluding hydrogens is 274 g/mol. The number of rotatable bonds is 5. The normalized spacial score (nSPS) is 19.9. The summed E-state index contributed by atoms with van der Waals surface area (Å²) in [6, 6.07) is 6.98. The SMILES string of the molecule is CCN(CC)CC(C)N=C1NS(=O)(=O)c2ccccc21. The lowest BCUT2D eigenvalue weighted by Gasteiger charge is -2.20. The highest BCUT2D eigenvalue weighted by atomic mass is 32.2. The summed E-state index contributed by atoms with van der Waals surface area (Å²) in [6.45, 7) is 8.97. The van der Waals surface area contributed by atoms with Gasteiger partial charge in [-0.3, -0.25) is 9.71 Å². The lowest BCUT2D eigenvalue weighted by Crippen LogP contribution is -2.32. The molecule has 5 nitrogen and oxygen atoms in total. The van der Waals surface area contributed by atoms with E-state index >= 15 is 0 Å². The molecule has 110 valence electrons. The first-order valence-corrected chi connectivity index (χ1v) is 8.38. The molecule has 0 bridgehead atoms. The van der Waals surface area contributed by atoms with Crippen LogP contribution in [0.5, 0.6) is 0 Å². The maximum absolute atomic E-state index is 12.0. The zero-order chi connectivity index (χ0) is 14.8. The van der Waals surface area contributed by atoms with E-state index in [4.69, 9.17) is 0 Å². The molecule has 1 N–H and O–H groups in total. The van der Waals surface area contributed by atoms with Gasteiger partial charge in [0.25, 0.3) is 10.0 Å². The lowest BCUT2D eigenvalue weighted by atomic mass is 10.2. The van der Waals surface area contributed by atoms with Crippen molar-refractivity contribution in [2.75, 3.05) is 19.6 Å². The molecule has 6 heteroatoms. The minimum atomic E-state index is -3.43. The first kappa shape index (κ1) is 15.0. The van der Waals surface area contributed by atoms with Crippen molar-refractivity contribution in [1.82, 2.24) is 9.62 Å². The molecule has 1 aliphatic rings. The quantitative estimate of drug-likeness (QED) is 0.894. The van der Waals surface area contributed by atoms with Gasteiger partial charge < -0.3 is 4.90 Å². The summed E-state index contributed by atoms with van der Waals surface area (Å²) >= 11 is 0. The van der Waals surface area contributed by atoms with Crippen molar-refractivity contribution in [3.63, 3.8) is 0 Å². The van der Waals surface area contributed by atoms with E-state index in [1.165, 1.54) is 0 Å². The Bertz CT molecular complexity index is 607. The summed E-state index contributed by atoms with van der Waals surface area (Å²) in [6.07, 6.45) is 0. The Balaban J connectivity index is 2.25. The molecule has 1 atom stereocenters. The van der Waals surface area contributed by atoms with Gasteiger partial charge >= 0.3 is 0 Å². The second-order valence-corrected chi connectivity index (χ2v) is 6.57. The fraction of sp³-hybridized carbons (Fsp3) is 0.500. The van der Waals surface area contributed by atoms with Crippen molar-refractivity contribution in [2.45, 2.75) is 31.7 Å². The van der Waals surface area contributed by atoms with E-state index < -0.39 is 10.0 Å². The molecule has 0 aromatic heterocycles. The van der Waals surface area contributed by atoms with Crippen LogP contribution in [0, 0.1) is 0 Å². The molecule has 1 aliphatic heterocycles. The van der Waals surface area contributed by atoms with Gasteiger partial charge in [-0.05, 0) is 32.1 Å². The van der Waals surface area contributed by atoms with Gasteiger partial charge in [0.05, 0.1) is 10.9 Å². The van der Waals surface area contributed by atoms with Gasteiger partial charge in [-0.15, -0.1) is 0 Å². The van der Waals surface area contributed by atoms with Crippen molar-refractivity contribution in [2.24, 2.45) is 4.99 Å². The first-order valence-electron chi connectivity index (χ1n) is 6.90. The number of amidine groups is 1. The number of fused-ring (bicyclic) bond motifs is 1. The minimum absolute atomic E-state index is 0.0405. The Labute approximate surface area is 120 Å². The van der Waals surface area contributed by atoms with Crippen LogP contribution in [0.3, 0.4) is 0 Å². The molecule has 20 heavy (non-hydrogen) atoms. The van der Waals surface area contributed by atoms with Crippen LogP contribution in [0.25, 0.3) is 0 Å². The van der Waals surface area contributed by atoms with Crippen LogP contribution in [0.1, 0.15) is 26.3 Å². The molecular formula is C14H21N3O2S. The average molecular weight is 295 g/mol. The lowest BCUT2D eigenvalue weighted by molar-refractivity contribution is 0.289. The van der Waals surface area contributed by atoms with E-state index in [0.717, 1.165) is 19.6 Å². The van der Waals surface area contributed by atoms with E-state index in [-0.39, 0.29) is 6.04 Å². The fourth-order valence-electron chi connectivity index (χ4n) is 2.35. The highest BCUT2D eigenvalue weighted by molar-refractivity contribution is 7.90. The molecule has 1 aromatic rings. The molecule has 0 amide bonds.